The number of rotatable bonds is 5. The summed E-state index contributed by atoms with van der Waals surface area (Å²) in [5.74, 6) is 7.11. The maximum atomic E-state index is 5.67. The van der Waals surface area contributed by atoms with Crippen molar-refractivity contribution in [3.05, 3.63) is 17.1 Å². The number of nitrogens with zero attached hydrogens (tertiary/aromatic N) is 2. The fraction of sp³-hybridized carbons (Fsp3) is 0.692. The van der Waals surface area contributed by atoms with Crippen LogP contribution in [0.15, 0.2) is 0 Å². The molecule has 0 fully saturated rings. The molecule has 1 unspecified atom stereocenters. The summed E-state index contributed by atoms with van der Waals surface area (Å²) in [6, 6.07) is 0. The Kier molecular flexibility index (Phi) is 4.49. The van der Waals surface area contributed by atoms with Crippen molar-refractivity contribution in [2.45, 2.75) is 52.1 Å². The number of hydrazine groups is 1. The molecule has 100 valence electrons. The Balaban J connectivity index is 2.36. The second-order valence-electron chi connectivity index (χ2n) is 4.56. The van der Waals surface area contributed by atoms with Gasteiger partial charge in [-0.05, 0) is 39.0 Å². The summed E-state index contributed by atoms with van der Waals surface area (Å²) >= 11 is 0. The fourth-order valence-corrected chi connectivity index (χ4v) is 2.45. The number of anilines is 1. The molecule has 0 aromatic carbocycles. The second kappa shape index (κ2) is 6.11. The number of ether oxygens (including phenoxy) is 1. The summed E-state index contributed by atoms with van der Waals surface area (Å²) in [5.41, 5.74) is 5.03. The molecule has 1 heterocycles. The van der Waals surface area contributed by atoms with Crippen molar-refractivity contribution >= 4 is 5.82 Å². The molecular formula is C13H22N4O. The summed E-state index contributed by atoms with van der Waals surface area (Å²) in [6.45, 7) is 4.74. The zero-order valence-corrected chi connectivity index (χ0v) is 11.2. The predicted molar refractivity (Wildman–Crippen MR) is 71.1 cm³/mol. The molecule has 3 N–H and O–H groups in total. The van der Waals surface area contributed by atoms with Gasteiger partial charge in [0.25, 0.3) is 0 Å². The van der Waals surface area contributed by atoms with E-state index < -0.39 is 0 Å². The van der Waals surface area contributed by atoms with E-state index in [-0.39, 0.29) is 6.10 Å². The number of nitrogen functional groups attached to an aromatic ring is 1. The minimum absolute atomic E-state index is 0.0330. The lowest BCUT2D eigenvalue weighted by Gasteiger charge is -2.21. The van der Waals surface area contributed by atoms with Gasteiger partial charge in [-0.2, -0.15) is 0 Å². The van der Waals surface area contributed by atoms with Gasteiger partial charge in [0, 0.05) is 17.9 Å². The summed E-state index contributed by atoms with van der Waals surface area (Å²) in [6.07, 6.45) is 5.25. The van der Waals surface area contributed by atoms with Gasteiger partial charge in [-0.25, -0.2) is 15.8 Å². The Hall–Kier alpha value is -1.20. The van der Waals surface area contributed by atoms with E-state index in [1.54, 1.807) is 0 Å². The highest BCUT2D eigenvalue weighted by Gasteiger charge is 2.21. The van der Waals surface area contributed by atoms with Crippen molar-refractivity contribution in [3.8, 4) is 0 Å². The number of fused-ring (bicyclic) bond motifs is 1. The first-order valence-electron chi connectivity index (χ1n) is 6.78. The van der Waals surface area contributed by atoms with Crippen LogP contribution in [-0.4, -0.2) is 16.6 Å². The lowest BCUT2D eigenvalue weighted by atomic mass is 9.96. The summed E-state index contributed by atoms with van der Waals surface area (Å²) in [7, 11) is 0. The molecule has 0 saturated heterocycles. The maximum absolute atomic E-state index is 5.67. The van der Waals surface area contributed by atoms with Crippen LogP contribution in [0.1, 0.15) is 56.3 Å². The zero-order chi connectivity index (χ0) is 13.0. The molecule has 0 saturated carbocycles. The topological polar surface area (TPSA) is 73.1 Å². The zero-order valence-electron chi connectivity index (χ0n) is 11.2. The molecule has 18 heavy (non-hydrogen) atoms. The molecule has 1 aliphatic carbocycles. The minimum atomic E-state index is -0.0330. The molecule has 0 aliphatic heterocycles. The number of aryl methyl sites for hydroxylation is 1. The average molecular weight is 250 g/mol. The quantitative estimate of drug-likeness (QED) is 0.618. The minimum Gasteiger partial charge on any atom is -0.371 e. The van der Waals surface area contributed by atoms with E-state index in [4.69, 9.17) is 10.6 Å². The van der Waals surface area contributed by atoms with Gasteiger partial charge in [0.1, 0.15) is 11.9 Å². The molecule has 0 bridgehead atoms. The Morgan fingerprint density at radius 1 is 1.28 bits per heavy atom. The molecule has 1 aliphatic rings. The predicted octanol–water partition coefficient (Wildman–Crippen LogP) is 2.13. The Labute approximate surface area is 108 Å². The van der Waals surface area contributed by atoms with Gasteiger partial charge in [0.05, 0.1) is 0 Å². The van der Waals surface area contributed by atoms with Crippen molar-refractivity contribution < 1.29 is 4.74 Å². The van der Waals surface area contributed by atoms with Crippen LogP contribution in [0.25, 0.3) is 0 Å². The molecule has 1 aromatic rings. The van der Waals surface area contributed by atoms with E-state index in [2.05, 4.69) is 22.3 Å². The molecule has 0 amide bonds. The number of nitrogens with one attached hydrogen (secondary N) is 1. The first-order valence-corrected chi connectivity index (χ1v) is 6.78. The van der Waals surface area contributed by atoms with E-state index in [0.29, 0.717) is 6.61 Å². The molecule has 1 atom stereocenters. The number of aromatic nitrogens is 2. The van der Waals surface area contributed by atoms with Crippen molar-refractivity contribution in [1.82, 2.24) is 9.97 Å². The van der Waals surface area contributed by atoms with Gasteiger partial charge in [0.15, 0.2) is 5.82 Å². The van der Waals surface area contributed by atoms with Crippen LogP contribution in [0.2, 0.25) is 0 Å². The molecule has 0 spiro atoms. The first kappa shape index (κ1) is 13.2. The maximum Gasteiger partial charge on any atom is 0.159 e. The third-order valence-corrected chi connectivity index (χ3v) is 3.36. The normalized spacial score (nSPS) is 16.2. The van der Waals surface area contributed by atoms with Gasteiger partial charge < -0.3 is 10.2 Å². The SMILES string of the molecule is CCOC(CC)c1nc2c(c(NN)n1)CCCC2. The van der Waals surface area contributed by atoms with E-state index in [1.807, 2.05) is 6.92 Å². The van der Waals surface area contributed by atoms with Gasteiger partial charge in [-0.15, -0.1) is 0 Å². The lowest BCUT2D eigenvalue weighted by Crippen LogP contribution is -2.20. The summed E-state index contributed by atoms with van der Waals surface area (Å²) in [5, 5.41) is 0. The molecule has 0 radical (unpaired) electrons. The van der Waals surface area contributed by atoms with E-state index in [9.17, 15) is 0 Å². The lowest BCUT2D eigenvalue weighted by molar-refractivity contribution is 0.0533. The van der Waals surface area contributed by atoms with E-state index in [0.717, 1.165) is 36.6 Å². The fourth-order valence-electron chi connectivity index (χ4n) is 2.45. The van der Waals surface area contributed by atoms with Gasteiger partial charge in [0.2, 0.25) is 0 Å². The highest BCUT2D eigenvalue weighted by Crippen LogP contribution is 2.28. The number of hydrogen-bond donors (Lipinski definition) is 2. The monoisotopic (exact) mass is 250 g/mol. The highest BCUT2D eigenvalue weighted by atomic mass is 16.5. The summed E-state index contributed by atoms with van der Waals surface area (Å²) < 4.78 is 5.67. The van der Waals surface area contributed by atoms with Gasteiger partial charge in [-0.3, -0.25) is 0 Å². The van der Waals surface area contributed by atoms with Crippen LogP contribution in [0.4, 0.5) is 5.82 Å². The average Bonchev–Trinajstić information content (AvgIpc) is 2.43. The van der Waals surface area contributed by atoms with E-state index >= 15 is 0 Å². The van der Waals surface area contributed by atoms with E-state index in [1.165, 1.54) is 18.4 Å². The second-order valence-corrected chi connectivity index (χ2v) is 4.56. The van der Waals surface area contributed by atoms with Crippen LogP contribution < -0.4 is 11.3 Å². The molecule has 2 rings (SSSR count). The van der Waals surface area contributed by atoms with Crippen molar-refractivity contribution in [1.29, 1.82) is 0 Å². The molecule has 5 nitrogen and oxygen atoms in total. The van der Waals surface area contributed by atoms with Crippen LogP contribution in [0, 0.1) is 0 Å². The first-order chi connectivity index (χ1) is 8.80. The molecule has 5 heteroatoms. The third kappa shape index (κ3) is 2.62. The van der Waals surface area contributed by atoms with Gasteiger partial charge in [-0.1, -0.05) is 6.92 Å². The Morgan fingerprint density at radius 2 is 2.06 bits per heavy atom. The molecular weight excluding hydrogens is 228 g/mol. The van der Waals surface area contributed by atoms with Crippen LogP contribution in [0.5, 0.6) is 0 Å². The molecule has 1 aromatic heterocycles. The standard InChI is InChI=1S/C13H22N4O/c1-3-11(18-4-2)13-15-10-8-6-5-7-9(10)12(16-13)17-14/h11H,3-8,14H2,1-2H3,(H,15,16,17). The van der Waals surface area contributed by atoms with Gasteiger partial charge >= 0.3 is 0 Å². The number of hydrogen-bond acceptors (Lipinski definition) is 5. The third-order valence-electron chi connectivity index (χ3n) is 3.36. The number of nitrogens with two attached hydrogens (primary N) is 1. The Bertz CT molecular complexity index is 391. The Morgan fingerprint density at radius 3 is 2.72 bits per heavy atom. The van der Waals surface area contributed by atoms with Crippen molar-refractivity contribution in [2.24, 2.45) is 5.84 Å². The van der Waals surface area contributed by atoms with Crippen molar-refractivity contribution in [2.75, 3.05) is 12.0 Å². The van der Waals surface area contributed by atoms with Crippen LogP contribution in [-0.2, 0) is 17.6 Å². The largest absolute Gasteiger partial charge is 0.371 e. The van der Waals surface area contributed by atoms with Crippen molar-refractivity contribution in [3.63, 3.8) is 0 Å². The van der Waals surface area contributed by atoms with Crippen LogP contribution in [0.3, 0.4) is 0 Å². The summed E-state index contributed by atoms with van der Waals surface area (Å²) in [4.78, 5) is 9.20. The highest BCUT2D eigenvalue weighted by molar-refractivity contribution is 5.47. The van der Waals surface area contributed by atoms with Crippen LogP contribution >= 0.6 is 0 Å². The smallest absolute Gasteiger partial charge is 0.159 e.